The van der Waals surface area contributed by atoms with Crippen LogP contribution in [0.15, 0.2) is 12.5 Å². The normalized spacial score (nSPS) is 14.7. The van der Waals surface area contributed by atoms with Crippen LogP contribution in [0.1, 0.15) is 0 Å². The molecule has 6 heavy (non-hydrogen) atoms. The first kappa shape index (κ1) is 5.27. The molecule has 0 aromatic carbocycles. The van der Waals surface area contributed by atoms with Gasteiger partial charge in [-0.3, -0.25) is 4.70 Å². The monoisotopic (exact) mass is 92.0 g/mol. The molecule has 0 spiro atoms. The molecule has 0 aromatic heterocycles. The highest BCUT2D eigenvalue weighted by atomic mass is 19.0. The van der Waals surface area contributed by atoms with Gasteiger partial charge in [-0.2, -0.15) is 0 Å². The summed E-state index contributed by atoms with van der Waals surface area (Å²) in [4.78, 5) is 0. The van der Waals surface area contributed by atoms with E-state index in [2.05, 4.69) is 9.47 Å². The fourth-order valence-electron chi connectivity index (χ4n) is 0.196. The molecule has 0 aliphatic carbocycles. The molecule has 0 saturated heterocycles. The van der Waals surface area contributed by atoms with Crippen LogP contribution in [-0.2, 0) is 9.47 Å². The van der Waals surface area contributed by atoms with Gasteiger partial charge in [0.15, 0.2) is 0 Å². The predicted molar refractivity (Wildman–Crippen MR) is 18.7 cm³/mol. The summed E-state index contributed by atoms with van der Waals surface area (Å²) in [6, 6.07) is 0. The highest BCUT2D eigenvalue weighted by Gasteiger charge is 1.82. The lowest BCUT2D eigenvalue weighted by Crippen LogP contribution is -1.75. The van der Waals surface area contributed by atoms with E-state index in [1.54, 1.807) is 0 Å². The molecule has 0 saturated carbocycles. The smallest absolute Gasteiger partial charge is 0.229 e. The Kier molecular flexibility index (Phi) is 2.20. The molecule has 0 aromatic rings. The summed E-state index contributed by atoms with van der Waals surface area (Å²) in [6.45, 7) is 0.389. The van der Waals surface area contributed by atoms with E-state index >= 15 is 0 Å². The first-order valence-electron chi connectivity index (χ1n) is 1.38. The van der Waals surface area contributed by atoms with E-state index in [-0.39, 0.29) is 4.70 Å². The Morgan fingerprint density at radius 2 is 1.67 bits per heavy atom. The fourth-order valence-corrected chi connectivity index (χ4v) is 0.196. The Labute approximate surface area is 34.7 Å². The number of hydrogen-bond donors (Lipinski definition) is 0. The maximum Gasteiger partial charge on any atom is 0.229 e. The molecule has 1 aliphatic rings. The Morgan fingerprint density at radius 3 is 1.83 bits per heavy atom. The maximum atomic E-state index is 4.54. The van der Waals surface area contributed by atoms with Crippen molar-refractivity contribution in [2.24, 2.45) is 0 Å². The van der Waals surface area contributed by atoms with Crippen molar-refractivity contribution in [3.8, 4) is 0 Å². The van der Waals surface area contributed by atoms with E-state index in [9.17, 15) is 0 Å². The Morgan fingerprint density at radius 1 is 1.17 bits per heavy atom. The Balaban J connectivity index is 0.000000250. The van der Waals surface area contributed by atoms with Gasteiger partial charge < -0.3 is 9.47 Å². The summed E-state index contributed by atoms with van der Waals surface area (Å²) in [5.41, 5.74) is 0. The van der Waals surface area contributed by atoms with Crippen molar-refractivity contribution in [2.45, 2.75) is 0 Å². The van der Waals surface area contributed by atoms with E-state index in [0.717, 1.165) is 0 Å². The third kappa shape index (κ3) is 0.924. The third-order valence-corrected chi connectivity index (χ3v) is 0.384. The van der Waals surface area contributed by atoms with Gasteiger partial charge in [0.2, 0.25) is 6.79 Å². The van der Waals surface area contributed by atoms with Gasteiger partial charge >= 0.3 is 0 Å². The van der Waals surface area contributed by atoms with Crippen LogP contribution in [0.25, 0.3) is 0 Å². The Hall–Kier alpha value is -0.730. The number of ether oxygens (including phenoxy) is 2. The van der Waals surface area contributed by atoms with Crippen LogP contribution in [0, 0.1) is 0 Å². The van der Waals surface area contributed by atoms with E-state index in [1.165, 1.54) is 12.5 Å². The standard InChI is InChI=1S/C3H4O2.FH/c1-2-5-3-4-1;/h1-2H,3H2;1H. The molecule has 36 valence electrons. The maximum absolute atomic E-state index is 4.54. The van der Waals surface area contributed by atoms with Crippen LogP contribution >= 0.6 is 0 Å². The van der Waals surface area contributed by atoms with Gasteiger partial charge in [0.05, 0.1) is 0 Å². The number of hydrogen-bond acceptors (Lipinski definition) is 2. The van der Waals surface area contributed by atoms with Crippen LogP contribution in [0.2, 0.25) is 0 Å². The first-order chi connectivity index (χ1) is 2.50. The second-order valence-corrected chi connectivity index (χ2v) is 0.723. The summed E-state index contributed by atoms with van der Waals surface area (Å²) in [7, 11) is 0. The van der Waals surface area contributed by atoms with E-state index < -0.39 is 0 Å². The van der Waals surface area contributed by atoms with Crippen molar-refractivity contribution >= 4 is 0 Å². The van der Waals surface area contributed by atoms with E-state index in [4.69, 9.17) is 0 Å². The first-order valence-corrected chi connectivity index (χ1v) is 1.38. The van der Waals surface area contributed by atoms with E-state index in [0.29, 0.717) is 6.79 Å². The number of rotatable bonds is 0. The SMILES string of the molecule is C1=COCO1.F. The van der Waals surface area contributed by atoms with E-state index in [1.807, 2.05) is 0 Å². The third-order valence-electron chi connectivity index (χ3n) is 0.384. The Bertz CT molecular complexity index is 46.8. The zero-order chi connectivity index (χ0) is 3.54. The molecule has 1 heterocycles. The number of halogens is 1. The van der Waals surface area contributed by atoms with Crippen LogP contribution < -0.4 is 0 Å². The van der Waals surface area contributed by atoms with Crippen molar-refractivity contribution in [3.05, 3.63) is 12.5 Å². The van der Waals surface area contributed by atoms with Crippen molar-refractivity contribution in [1.82, 2.24) is 0 Å². The molecule has 0 N–H and O–H groups in total. The second-order valence-electron chi connectivity index (χ2n) is 0.723. The highest BCUT2D eigenvalue weighted by Crippen LogP contribution is 1.88. The minimum absolute atomic E-state index is 0. The molecule has 0 bridgehead atoms. The lowest BCUT2D eigenvalue weighted by atomic mass is 11.1. The van der Waals surface area contributed by atoms with Gasteiger partial charge in [0, 0.05) is 0 Å². The largest absolute Gasteiger partial charge is 0.462 e. The van der Waals surface area contributed by atoms with Crippen LogP contribution in [0.4, 0.5) is 4.70 Å². The average molecular weight is 92.1 g/mol. The van der Waals surface area contributed by atoms with Crippen molar-refractivity contribution in [3.63, 3.8) is 0 Å². The molecule has 1 aliphatic heterocycles. The van der Waals surface area contributed by atoms with Gasteiger partial charge in [0.25, 0.3) is 0 Å². The second kappa shape index (κ2) is 2.50. The summed E-state index contributed by atoms with van der Waals surface area (Å²) in [5.74, 6) is 0. The predicted octanol–water partition coefficient (Wildman–Crippen LogP) is 0.614. The minimum Gasteiger partial charge on any atom is -0.462 e. The van der Waals surface area contributed by atoms with Crippen molar-refractivity contribution < 1.29 is 14.2 Å². The summed E-state index contributed by atoms with van der Waals surface area (Å²) in [6.07, 6.45) is 3.03. The summed E-state index contributed by atoms with van der Waals surface area (Å²) in [5, 5.41) is 0. The molecule has 3 heteroatoms. The zero-order valence-corrected chi connectivity index (χ0v) is 3.09. The fraction of sp³-hybridized carbons (Fsp3) is 0.333. The molecule has 2 nitrogen and oxygen atoms in total. The lowest BCUT2D eigenvalue weighted by Gasteiger charge is -1.82. The van der Waals surface area contributed by atoms with Gasteiger partial charge in [-0.15, -0.1) is 0 Å². The molecule has 0 unspecified atom stereocenters. The molecule has 1 rings (SSSR count). The summed E-state index contributed by atoms with van der Waals surface area (Å²) >= 11 is 0. The molecule has 0 amide bonds. The average Bonchev–Trinajstić information content (AvgIpc) is 1.76. The van der Waals surface area contributed by atoms with Crippen molar-refractivity contribution in [2.75, 3.05) is 6.79 Å². The molecule has 0 atom stereocenters. The summed E-state index contributed by atoms with van der Waals surface area (Å²) < 4.78 is 9.08. The zero-order valence-electron chi connectivity index (χ0n) is 3.09. The minimum atomic E-state index is 0. The lowest BCUT2D eigenvalue weighted by molar-refractivity contribution is 0.0920. The molecule has 0 fully saturated rings. The van der Waals surface area contributed by atoms with Gasteiger partial charge in [-0.1, -0.05) is 0 Å². The molecular weight excluding hydrogens is 87.0 g/mol. The van der Waals surface area contributed by atoms with Crippen LogP contribution in [0.3, 0.4) is 0 Å². The quantitative estimate of drug-likeness (QED) is 0.436. The molecule has 0 radical (unpaired) electrons. The molecular formula is C3H5FO2. The topological polar surface area (TPSA) is 18.5 Å². The highest BCUT2D eigenvalue weighted by molar-refractivity contribution is 4.63. The van der Waals surface area contributed by atoms with Crippen LogP contribution in [-0.4, -0.2) is 6.79 Å². The van der Waals surface area contributed by atoms with Crippen LogP contribution in [0.5, 0.6) is 0 Å². The van der Waals surface area contributed by atoms with Gasteiger partial charge in [0.1, 0.15) is 12.5 Å². The van der Waals surface area contributed by atoms with Gasteiger partial charge in [-0.05, 0) is 0 Å². The van der Waals surface area contributed by atoms with Gasteiger partial charge in [-0.25, -0.2) is 0 Å². The van der Waals surface area contributed by atoms with Crippen molar-refractivity contribution in [1.29, 1.82) is 0 Å².